The molecule has 1 heterocycles. The Kier molecular flexibility index (Phi) is 4.49. The molecule has 0 saturated heterocycles. The standard InChI is InChI=1S/C19H17ClFNO/c1-13-6-7-15-12-16(21)9-10-18(15)22(13)19(23)11-8-14-4-2-3-5-17(14)20/h2-5,8-13H,6-7H2,1H3/b11-8+. The van der Waals surface area contributed by atoms with Crippen molar-refractivity contribution >= 4 is 29.3 Å². The number of amides is 1. The molecular weight excluding hydrogens is 313 g/mol. The second-order valence-electron chi connectivity index (χ2n) is 5.72. The normalized spacial score (nSPS) is 17.3. The molecule has 4 heteroatoms. The smallest absolute Gasteiger partial charge is 0.251 e. The maximum absolute atomic E-state index is 13.4. The van der Waals surface area contributed by atoms with Gasteiger partial charge in [-0.05, 0) is 61.2 Å². The molecule has 23 heavy (non-hydrogen) atoms. The molecular formula is C19H17ClFNO. The molecule has 0 fully saturated rings. The molecule has 0 bridgehead atoms. The number of hydrogen-bond acceptors (Lipinski definition) is 1. The van der Waals surface area contributed by atoms with E-state index in [1.807, 2.05) is 25.1 Å². The molecule has 2 nitrogen and oxygen atoms in total. The Morgan fingerprint density at radius 2 is 2.09 bits per heavy atom. The van der Waals surface area contributed by atoms with Crippen molar-refractivity contribution in [2.45, 2.75) is 25.8 Å². The van der Waals surface area contributed by atoms with Crippen LogP contribution < -0.4 is 4.90 Å². The minimum Gasteiger partial charge on any atom is -0.306 e. The van der Waals surface area contributed by atoms with E-state index < -0.39 is 0 Å². The number of fused-ring (bicyclic) bond motifs is 1. The number of rotatable bonds is 2. The molecule has 0 spiro atoms. The number of aryl methyl sites for hydroxylation is 1. The molecule has 1 amide bonds. The van der Waals surface area contributed by atoms with Crippen LogP contribution in [0.25, 0.3) is 6.08 Å². The Balaban J connectivity index is 1.89. The van der Waals surface area contributed by atoms with Gasteiger partial charge >= 0.3 is 0 Å². The van der Waals surface area contributed by atoms with Gasteiger partial charge in [0.05, 0.1) is 0 Å². The van der Waals surface area contributed by atoms with Crippen molar-refractivity contribution in [2.75, 3.05) is 4.90 Å². The van der Waals surface area contributed by atoms with Crippen LogP contribution >= 0.6 is 11.6 Å². The fourth-order valence-corrected chi connectivity index (χ4v) is 3.11. The summed E-state index contributed by atoms with van der Waals surface area (Å²) in [5.41, 5.74) is 2.47. The summed E-state index contributed by atoms with van der Waals surface area (Å²) in [6.45, 7) is 2.01. The summed E-state index contributed by atoms with van der Waals surface area (Å²) in [5, 5.41) is 0.603. The fourth-order valence-electron chi connectivity index (χ4n) is 2.91. The summed E-state index contributed by atoms with van der Waals surface area (Å²) in [4.78, 5) is 14.4. The second kappa shape index (κ2) is 6.55. The van der Waals surface area contributed by atoms with Crippen molar-refractivity contribution in [3.05, 3.63) is 70.5 Å². The average Bonchev–Trinajstić information content (AvgIpc) is 2.54. The van der Waals surface area contributed by atoms with Crippen LogP contribution in [0.2, 0.25) is 5.02 Å². The van der Waals surface area contributed by atoms with Gasteiger partial charge in [-0.25, -0.2) is 4.39 Å². The number of hydrogen-bond donors (Lipinski definition) is 0. The van der Waals surface area contributed by atoms with Crippen molar-refractivity contribution < 1.29 is 9.18 Å². The number of nitrogens with zero attached hydrogens (tertiary/aromatic N) is 1. The van der Waals surface area contributed by atoms with E-state index in [9.17, 15) is 9.18 Å². The molecule has 118 valence electrons. The van der Waals surface area contributed by atoms with Crippen molar-refractivity contribution in [1.82, 2.24) is 0 Å². The van der Waals surface area contributed by atoms with E-state index in [0.29, 0.717) is 5.02 Å². The monoisotopic (exact) mass is 329 g/mol. The van der Waals surface area contributed by atoms with E-state index in [4.69, 9.17) is 11.6 Å². The van der Waals surface area contributed by atoms with Crippen LogP contribution in [0, 0.1) is 5.82 Å². The first-order chi connectivity index (χ1) is 11.1. The number of carbonyl (C=O) groups is 1. The predicted molar refractivity (Wildman–Crippen MR) is 92.2 cm³/mol. The molecule has 3 rings (SSSR count). The lowest BCUT2D eigenvalue weighted by atomic mass is 9.96. The molecule has 0 aromatic heterocycles. The summed E-state index contributed by atoms with van der Waals surface area (Å²) in [6.07, 6.45) is 4.85. The Bertz CT molecular complexity index is 772. The lowest BCUT2D eigenvalue weighted by molar-refractivity contribution is -0.114. The second-order valence-corrected chi connectivity index (χ2v) is 6.13. The zero-order valence-corrected chi connectivity index (χ0v) is 13.6. The fraction of sp³-hybridized carbons (Fsp3) is 0.211. The first kappa shape index (κ1) is 15.8. The number of halogens is 2. The quantitative estimate of drug-likeness (QED) is 0.720. The van der Waals surface area contributed by atoms with E-state index in [1.165, 1.54) is 18.2 Å². The third-order valence-electron chi connectivity index (χ3n) is 4.12. The first-order valence-corrected chi connectivity index (χ1v) is 7.98. The number of benzene rings is 2. The largest absolute Gasteiger partial charge is 0.306 e. The zero-order chi connectivity index (χ0) is 16.4. The van der Waals surface area contributed by atoms with Crippen molar-refractivity contribution in [3.8, 4) is 0 Å². The lowest BCUT2D eigenvalue weighted by Crippen LogP contribution is -2.41. The van der Waals surface area contributed by atoms with E-state index in [-0.39, 0.29) is 17.8 Å². The van der Waals surface area contributed by atoms with Crippen LogP contribution in [0.3, 0.4) is 0 Å². The molecule has 1 atom stereocenters. The molecule has 0 radical (unpaired) electrons. The van der Waals surface area contributed by atoms with Crippen molar-refractivity contribution in [1.29, 1.82) is 0 Å². The van der Waals surface area contributed by atoms with Gasteiger partial charge < -0.3 is 4.90 Å². The van der Waals surface area contributed by atoms with Crippen LogP contribution in [0.5, 0.6) is 0 Å². The zero-order valence-electron chi connectivity index (χ0n) is 12.8. The molecule has 2 aromatic rings. The van der Waals surface area contributed by atoms with E-state index in [1.54, 1.807) is 23.1 Å². The van der Waals surface area contributed by atoms with E-state index in [2.05, 4.69) is 0 Å². The minimum atomic E-state index is -0.266. The highest BCUT2D eigenvalue weighted by Gasteiger charge is 2.27. The maximum Gasteiger partial charge on any atom is 0.251 e. The molecule has 2 aromatic carbocycles. The molecule has 1 aliphatic heterocycles. The summed E-state index contributed by atoms with van der Waals surface area (Å²) >= 11 is 6.10. The Morgan fingerprint density at radius 1 is 1.30 bits per heavy atom. The highest BCUT2D eigenvalue weighted by Crippen LogP contribution is 2.31. The summed E-state index contributed by atoms with van der Waals surface area (Å²) < 4.78 is 13.4. The van der Waals surface area contributed by atoms with Gasteiger partial charge in [0, 0.05) is 22.8 Å². The van der Waals surface area contributed by atoms with Gasteiger partial charge in [0.15, 0.2) is 0 Å². The summed E-state index contributed by atoms with van der Waals surface area (Å²) in [5.74, 6) is -0.387. The molecule has 0 N–H and O–H groups in total. The average molecular weight is 330 g/mol. The lowest BCUT2D eigenvalue weighted by Gasteiger charge is -2.34. The summed E-state index contributed by atoms with van der Waals surface area (Å²) in [7, 11) is 0. The van der Waals surface area contributed by atoms with Gasteiger partial charge in [0.25, 0.3) is 5.91 Å². The highest BCUT2D eigenvalue weighted by molar-refractivity contribution is 6.32. The van der Waals surface area contributed by atoms with E-state index >= 15 is 0 Å². The third-order valence-corrected chi connectivity index (χ3v) is 4.47. The predicted octanol–water partition coefficient (Wildman–Crippen LogP) is 4.86. The Hall–Kier alpha value is -2.13. The van der Waals surface area contributed by atoms with Gasteiger partial charge in [0.1, 0.15) is 5.82 Å². The number of carbonyl (C=O) groups excluding carboxylic acids is 1. The van der Waals surface area contributed by atoms with Crippen LogP contribution in [-0.2, 0) is 11.2 Å². The molecule has 1 aliphatic rings. The topological polar surface area (TPSA) is 20.3 Å². The Labute approximate surface area is 140 Å². The van der Waals surface area contributed by atoms with Gasteiger partial charge in [0.2, 0.25) is 0 Å². The van der Waals surface area contributed by atoms with Crippen molar-refractivity contribution in [2.24, 2.45) is 0 Å². The molecule has 0 saturated carbocycles. The third kappa shape index (κ3) is 3.30. The highest BCUT2D eigenvalue weighted by atomic mass is 35.5. The Morgan fingerprint density at radius 3 is 2.87 bits per heavy atom. The molecule has 0 aliphatic carbocycles. The number of anilines is 1. The van der Waals surface area contributed by atoms with Crippen LogP contribution in [0.4, 0.5) is 10.1 Å². The molecule has 1 unspecified atom stereocenters. The summed E-state index contributed by atoms with van der Waals surface area (Å²) in [6, 6.07) is 12.0. The van der Waals surface area contributed by atoms with Gasteiger partial charge in [-0.1, -0.05) is 29.8 Å². The first-order valence-electron chi connectivity index (χ1n) is 7.60. The van der Waals surface area contributed by atoms with Crippen LogP contribution in [-0.4, -0.2) is 11.9 Å². The van der Waals surface area contributed by atoms with Crippen molar-refractivity contribution in [3.63, 3.8) is 0 Å². The van der Waals surface area contributed by atoms with Gasteiger partial charge in [-0.3, -0.25) is 4.79 Å². The van der Waals surface area contributed by atoms with E-state index in [0.717, 1.165) is 29.7 Å². The van der Waals surface area contributed by atoms with Gasteiger partial charge in [-0.2, -0.15) is 0 Å². The van der Waals surface area contributed by atoms with Gasteiger partial charge in [-0.15, -0.1) is 0 Å². The van der Waals surface area contributed by atoms with Crippen LogP contribution in [0.15, 0.2) is 48.5 Å². The SMILES string of the molecule is CC1CCc2cc(F)ccc2N1C(=O)/C=C/c1ccccc1Cl. The maximum atomic E-state index is 13.4. The minimum absolute atomic E-state index is 0.0800. The van der Waals surface area contributed by atoms with Crippen LogP contribution in [0.1, 0.15) is 24.5 Å².